The number of rotatable bonds is 4. The molecule has 2 rings (SSSR count). The lowest BCUT2D eigenvalue weighted by atomic mass is 10.2. The second-order valence-electron chi connectivity index (χ2n) is 3.73. The predicted octanol–water partition coefficient (Wildman–Crippen LogP) is 2.28. The van der Waals surface area contributed by atoms with Gasteiger partial charge in [0.25, 0.3) is 5.82 Å². The van der Waals surface area contributed by atoms with E-state index in [0.717, 1.165) is 11.3 Å². The first-order chi connectivity index (χ1) is 8.67. The van der Waals surface area contributed by atoms with Crippen LogP contribution >= 0.6 is 11.3 Å². The topological polar surface area (TPSA) is 57.0 Å². The third kappa shape index (κ3) is 2.28. The minimum Gasteiger partial charge on any atom is -0.460 e. The lowest BCUT2D eigenvalue weighted by Crippen LogP contribution is -2.07. The van der Waals surface area contributed by atoms with Gasteiger partial charge >= 0.3 is 5.97 Å². The molecule has 5 nitrogen and oxygen atoms in total. The number of aryl methyl sites for hydroxylation is 2. The monoisotopic (exact) mass is 265 g/mol. The molecule has 0 unspecified atom stereocenters. The summed E-state index contributed by atoms with van der Waals surface area (Å²) in [5, 5.41) is 6.12. The van der Waals surface area contributed by atoms with Crippen molar-refractivity contribution < 1.29 is 9.53 Å². The van der Waals surface area contributed by atoms with Gasteiger partial charge in [-0.3, -0.25) is 0 Å². The summed E-state index contributed by atoms with van der Waals surface area (Å²) in [4.78, 5) is 16.9. The molecule has 0 bridgehead atoms. The van der Waals surface area contributed by atoms with E-state index in [1.54, 1.807) is 30.0 Å². The summed E-state index contributed by atoms with van der Waals surface area (Å²) in [6, 6.07) is 2.07. The number of carbonyl (C=O) groups is 1. The maximum atomic E-state index is 11.6. The van der Waals surface area contributed by atoms with Crippen molar-refractivity contribution in [2.24, 2.45) is 7.05 Å². The van der Waals surface area contributed by atoms with Crippen LogP contribution in [0, 0.1) is 0 Å². The van der Waals surface area contributed by atoms with Crippen LogP contribution in [0.15, 0.2) is 11.4 Å². The second kappa shape index (κ2) is 5.30. The standard InChI is InChI=1S/C12H15N3O2S/c1-4-8-6-7-18-9(8)11-13-10(14-15(11)3)12(16)17-5-2/h6-7H,4-5H2,1-3H3. The zero-order valence-corrected chi connectivity index (χ0v) is 11.5. The van der Waals surface area contributed by atoms with Crippen LogP contribution in [0.5, 0.6) is 0 Å². The van der Waals surface area contributed by atoms with Gasteiger partial charge in [0.2, 0.25) is 0 Å². The highest BCUT2D eigenvalue weighted by atomic mass is 32.1. The number of thiophene rings is 1. The summed E-state index contributed by atoms with van der Waals surface area (Å²) < 4.78 is 6.52. The van der Waals surface area contributed by atoms with Gasteiger partial charge in [0.1, 0.15) is 0 Å². The van der Waals surface area contributed by atoms with Crippen molar-refractivity contribution >= 4 is 17.3 Å². The molecule has 2 heterocycles. The van der Waals surface area contributed by atoms with Gasteiger partial charge in [-0.25, -0.2) is 14.5 Å². The number of carbonyl (C=O) groups excluding carboxylic acids is 1. The Kier molecular flexibility index (Phi) is 3.76. The van der Waals surface area contributed by atoms with Crippen molar-refractivity contribution in [3.05, 3.63) is 22.8 Å². The van der Waals surface area contributed by atoms with Crippen molar-refractivity contribution in [2.45, 2.75) is 20.3 Å². The Hall–Kier alpha value is -1.69. The number of hydrogen-bond acceptors (Lipinski definition) is 5. The second-order valence-corrected chi connectivity index (χ2v) is 4.65. The first-order valence-corrected chi connectivity index (χ1v) is 6.70. The third-order valence-corrected chi connectivity index (χ3v) is 3.50. The van der Waals surface area contributed by atoms with Crippen LogP contribution in [0.25, 0.3) is 10.7 Å². The van der Waals surface area contributed by atoms with E-state index in [9.17, 15) is 4.79 Å². The number of aromatic nitrogens is 3. The lowest BCUT2D eigenvalue weighted by Gasteiger charge is -1.99. The highest BCUT2D eigenvalue weighted by molar-refractivity contribution is 7.13. The minimum absolute atomic E-state index is 0.116. The summed E-state index contributed by atoms with van der Waals surface area (Å²) in [6.45, 7) is 4.18. The van der Waals surface area contributed by atoms with Crippen molar-refractivity contribution in [2.75, 3.05) is 6.61 Å². The van der Waals surface area contributed by atoms with Crippen LogP contribution in [-0.4, -0.2) is 27.3 Å². The molecule has 0 fully saturated rings. The fourth-order valence-electron chi connectivity index (χ4n) is 1.67. The molecule has 0 aliphatic heterocycles. The predicted molar refractivity (Wildman–Crippen MR) is 69.7 cm³/mol. The van der Waals surface area contributed by atoms with E-state index in [1.807, 2.05) is 5.38 Å². The van der Waals surface area contributed by atoms with Gasteiger partial charge in [-0.05, 0) is 30.4 Å². The molecule has 0 spiro atoms. The van der Waals surface area contributed by atoms with Crippen LogP contribution in [0.2, 0.25) is 0 Å². The van der Waals surface area contributed by atoms with Crippen LogP contribution in [-0.2, 0) is 18.2 Å². The molecule has 0 N–H and O–H groups in total. The molecular weight excluding hydrogens is 250 g/mol. The van der Waals surface area contributed by atoms with Crippen LogP contribution < -0.4 is 0 Å². The molecule has 18 heavy (non-hydrogen) atoms. The Bertz CT molecular complexity index is 559. The largest absolute Gasteiger partial charge is 0.460 e. The molecule has 0 amide bonds. The molecular formula is C12H15N3O2S. The Morgan fingerprint density at radius 2 is 2.28 bits per heavy atom. The molecule has 0 atom stereocenters. The van der Waals surface area contributed by atoms with Crippen molar-refractivity contribution in [3.8, 4) is 10.7 Å². The summed E-state index contributed by atoms with van der Waals surface area (Å²) in [7, 11) is 1.78. The SMILES string of the molecule is CCOC(=O)c1nc(-c2sccc2CC)n(C)n1. The van der Waals surface area contributed by atoms with E-state index < -0.39 is 5.97 Å². The quantitative estimate of drug-likeness (QED) is 0.796. The zero-order chi connectivity index (χ0) is 13.1. The zero-order valence-electron chi connectivity index (χ0n) is 10.6. The lowest BCUT2D eigenvalue weighted by molar-refractivity contribution is 0.0512. The Labute approximate surface area is 109 Å². The molecule has 2 aromatic heterocycles. The van der Waals surface area contributed by atoms with E-state index in [2.05, 4.69) is 23.1 Å². The Balaban J connectivity index is 2.38. The summed E-state index contributed by atoms with van der Waals surface area (Å²) in [6.07, 6.45) is 0.931. The van der Waals surface area contributed by atoms with Gasteiger partial charge in [-0.1, -0.05) is 6.92 Å². The van der Waals surface area contributed by atoms with Crippen LogP contribution in [0.1, 0.15) is 30.0 Å². The molecule has 96 valence electrons. The van der Waals surface area contributed by atoms with Gasteiger partial charge in [0.15, 0.2) is 5.82 Å². The van der Waals surface area contributed by atoms with Gasteiger partial charge < -0.3 is 4.74 Å². The van der Waals surface area contributed by atoms with E-state index in [1.165, 1.54) is 5.56 Å². The van der Waals surface area contributed by atoms with Gasteiger partial charge in [0.05, 0.1) is 11.5 Å². The fourth-order valence-corrected chi connectivity index (χ4v) is 2.69. The van der Waals surface area contributed by atoms with Crippen molar-refractivity contribution in [1.82, 2.24) is 14.8 Å². The smallest absolute Gasteiger partial charge is 0.378 e. The van der Waals surface area contributed by atoms with E-state index in [0.29, 0.717) is 12.4 Å². The summed E-state index contributed by atoms with van der Waals surface area (Å²) in [5.41, 5.74) is 1.21. The Morgan fingerprint density at radius 3 is 2.94 bits per heavy atom. The van der Waals surface area contributed by atoms with Crippen LogP contribution in [0.3, 0.4) is 0 Å². The third-order valence-electron chi connectivity index (χ3n) is 2.55. The van der Waals surface area contributed by atoms with Gasteiger partial charge in [-0.2, -0.15) is 0 Å². The maximum absolute atomic E-state index is 11.6. The normalized spacial score (nSPS) is 10.6. The first-order valence-electron chi connectivity index (χ1n) is 5.82. The molecule has 0 saturated carbocycles. The molecule has 0 saturated heterocycles. The van der Waals surface area contributed by atoms with E-state index in [4.69, 9.17) is 4.74 Å². The molecule has 0 aromatic carbocycles. The molecule has 0 radical (unpaired) electrons. The van der Waals surface area contributed by atoms with E-state index >= 15 is 0 Å². The van der Waals surface area contributed by atoms with Crippen molar-refractivity contribution in [3.63, 3.8) is 0 Å². The summed E-state index contributed by atoms with van der Waals surface area (Å²) >= 11 is 1.60. The Morgan fingerprint density at radius 1 is 1.50 bits per heavy atom. The number of hydrogen-bond donors (Lipinski definition) is 0. The fraction of sp³-hybridized carbons (Fsp3) is 0.417. The molecule has 2 aromatic rings. The van der Waals surface area contributed by atoms with E-state index in [-0.39, 0.29) is 5.82 Å². The van der Waals surface area contributed by atoms with Crippen molar-refractivity contribution in [1.29, 1.82) is 0 Å². The average molecular weight is 265 g/mol. The molecule has 6 heteroatoms. The van der Waals surface area contributed by atoms with Crippen LogP contribution in [0.4, 0.5) is 0 Å². The number of ether oxygens (including phenoxy) is 1. The highest BCUT2D eigenvalue weighted by Gasteiger charge is 2.18. The molecule has 0 aliphatic carbocycles. The maximum Gasteiger partial charge on any atom is 0.378 e. The van der Waals surface area contributed by atoms with Gasteiger partial charge in [-0.15, -0.1) is 16.4 Å². The molecule has 0 aliphatic rings. The highest BCUT2D eigenvalue weighted by Crippen LogP contribution is 2.28. The van der Waals surface area contributed by atoms with Gasteiger partial charge in [0, 0.05) is 7.05 Å². The number of nitrogens with zero attached hydrogens (tertiary/aromatic N) is 3. The summed E-state index contributed by atoms with van der Waals surface area (Å²) in [5.74, 6) is 0.351. The minimum atomic E-state index is -0.478. The number of esters is 1. The first kappa shape index (κ1) is 12.8. The average Bonchev–Trinajstić information content (AvgIpc) is 2.94.